The number of hydrogen-bond donors (Lipinski definition) is 2. The lowest BCUT2D eigenvalue weighted by Crippen LogP contribution is -2.33. The summed E-state index contributed by atoms with van der Waals surface area (Å²) in [6.07, 6.45) is 0.797. The maximum absolute atomic E-state index is 11.4. The Morgan fingerprint density at radius 2 is 1.90 bits per heavy atom. The largest absolute Gasteiger partial charge is 0.478 e. The maximum Gasteiger partial charge on any atom is 0.407 e. The minimum atomic E-state index is -0.930. The van der Waals surface area contributed by atoms with Crippen LogP contribution in [0.25, 0.3) is 0 Å². The van der Waals surface area contributed by atoms with Crippen molar-refractivity contribution < 1.29 is 19.4 Å². The summed E-state index contributed by atoms with van der Waals surface area (Å²) in [5, 5.41) is 11.7. The number of amides is 1. The van der Waals surface area contributed by atoms with Crippen molar-refractivity contribution in [3.05, 3.63) is 35.4 Å². The van der Waals surface area contributed by atoms with Crippen molar-refractivity contribution >= 4 is 12.1 Å². The third-order valence-electron chi connectivity index (χ3n) is 2.54. The van der Waals surface area contributed by atoms with E-state index >= 15 is 0 Å². The molecule has 0 saturated heterocycles. The number of carbonyl (C=O) groups is 2. The van der Waals surface area contributed by atoms with Gasteiger partial charge < -0.3 is 15.2 Å². The van der Waals surface area contributed by atoms with Gasteiger partial charge >= 0.3 is 12.1 Å². The van der Waals surface area contributed by atoms with E-state index in [1.54, 1.807) is 39.0 Å². The first-order valence-electron chi connectivity index (χ1n) is 6.57. The summed E-state index contributed by atoms with van der Waals surface area (Å²) in [5.74, 6) is -0.930. The molecule has 0 radical (unpaired) electrons. The number of nitrogens with one attached hydrogen (secondary N) is 1. The molecule has 0 aliphatic rings. The Morgan fingerprint density at radius 3 is 2.50 bits per heavy atom. The highest BCUT2D eigenvalue weighted by molar-refractivity contribution is 5.89. The fourth-order valence-electron chi connectivity index (χ4n) is 1.73. The van der Waals surface area contributed by atoms with Crippen LogP contribution in [0.4, 0.5) is 4.79 Å². The molecule has 0 aliphatic carbocycles. The molecule has 0 bridgehead atoms. The Bertz CT molecular complexity index is 477. The molecule has 5 heteroatoms. The lowest BCUT2D eigenvalue weighted by Gasteiger charge is -2.19. The Morgan fingerprint density at radius 1 is 1.25 bits per heavy atom. The molecule has 0 saturated carbocycles. The van der Waals surface area contributed by atoms with E-state index in [1.165, 1.54) is 0 Å². The van der Waals surface area contributed by atoms with Crippen molar-refractivity contribution in [1.29, 1.82) is 0 Å². The van der Waals surface area contributed by atoms with Crippen molar-refractivity contribution in [1.82, 2.24) is 5.32 Å². The van der Waals surface area contributed by atoms with E-state index < -0.39 is 17.7 Å². The lowest BCUT2D eigenvalue weighted by molar-refractivity contribution is 0.0526. The highest BCUT2D eigenvalue weighted by Crippen LogP contribution is 2.11. The van der Waals surface area contributed by atoms with Gasteiger partial charge in [-0.3, -0.25) is 0 Å². The van der Waals surface area contributed by atoms with Gasteiger partial charge in [0, 0.05) is 6.54 Å². The Hall–Kier alpha value is -2.04. The zero-order valence-corrected chi connectivity index (χ0v) is 12.1. The molecule has 1 aromatic rings. The predicted molar refractivity (Wildman–Crippen MR) is 76.0 cm³/mol. The van der Waals surface area contributed by atoms with Gasteiger partial charge in [-0.2, -0.15) is 0 Å². The van der Waals surface area contributed by atoms with Gasteiger partial charge in [-0.15, -0.1) is 0 Å². The van der Waals surface area contributed by atoms with Gasteiger partial charge in [-0.25, -0.2) is 9.59 Å². The third kappa shape index (κ3) is 5.73. The van der Waals surface area contributed by atoms with Crippen molar-refractivity contribution in [2.24, 2.45) is 0 Å². The van der Waals surface area contributed by atoms with E-state index in [2.05, 4.69) is 5.32 Å². The number of aromatic carboxylic acids is 1. The maximum atomic E-state index is 11.4. The van der Waals surface area contributed by atoms with Crippen molar-refractivity contribution in [2.45, 2.75) is 39.2 Å². The topological polar surface area (TPSA) is 75.6 Å². The second-order valence-electron chi connectivity index (χ2n) is 5.49. The van der Waals surface area contributed by atoms with Crippen LogP contribution in [0.1, 0.15) is 43.1 Å². The average molecular weight is 279 g/mol. The summed E-state index contributed by atoms with van der Waals surface area (Å²) in [6, 6.07) is 6.88. The van der Waals surface area contributed by atoms with Crippen LogP contribution in [0.2, 0.25) is 0 Å². The van der Waals surface area contributed by atoms with Crippen LogP contribution in [0.5, 0.6) is 0 Å². The second kappa shape index (κ2) is 6.93. The van der Waals surface area contributed by atoms with Crippen molar-refractivity contribution in [3.63, 3.8) is 0 Å². The van der Waals surface area contributed by atoms with E-state index in [4.69, 9.17) is 9.84 Å². The molecule has 0 unspecified atom stereocenters. The number of benzene rings is 1. The van der Waals surface area contributed by atoms with Gasteiger partial charge in [0.05, 0.1) is 5.56 Å². The molecule has 110 valence electrons. The summed E-state index contributed by atoms with van der Waals surface area (Å²) in [4.78, 5) is 22.4. The van der Waals surface area contributed by atoms with E-state index in [0.29, 0.717) is 24.9 Å². The van der Waals surface area contributed by atoms with E-state index in [0.717, 1.165) is 5.56 Å². The highest BCUT2D eigenvalue weighted by atomic mass is 16.6. The number of carboxylic acid groups (broad SMARTS) is 1. The Kier molecular flexibility index (Phi) is 5.55. The first-order chi connectivity index (χ1) is 9.29. The first-order valence-corrected chi connectivity index (χ1v) is 6.57. The number of aryl methyl sites for hydroxylation is 1. The molecule has 1 rings (SSSR count). The molecular formula is C15H21NO4. The zero-order chi connectivity index (χ0) is 15.2. The summed E-state index contributed by atoms with van der Waals surface area (Å²) >= 11 is 0. The minimum absolute atomic E-state index is 0.310. The van der Waals surface area contributed by atoms with E-state index in [9.17, 15) is 9.59 Å². The second-order valence-corrected chi connectivity index (χ2v) is 5.49. The van der Waals surface area contributed by atoms with Crippen LogP contribution in [0, 0.1) is 0 Å². The molecule has 0 aromatic heterocycles. The first kappa shape index (κ1) is 16.0. The van der Waals surface area contributed by atoms with Crippen LogP contribution in [0.3, 0.4) is 0 Å². The molecule has 0 aliphatic heterocycles. The van der Waals surface area contributed by atoms with Gasteiger partial charge in [0.1, 0.15) is 5.60 Å². The Balaban J connectivity index is 2.39. The van der Waals surface area contributed by atoms with Crippen LogP contribution in [0.15, 0.2) is 24.3 Å². The zero-order valence-electron chi connectivity index (χ0n) is 12.1. The molecule has 0 fully saturated rings. The molecule has 1 aromatic carbocycles. The van der Waals surface area contributed by atoms with E-state index in [-0.39, 0.29) is 0 Å². The number of rotatable bonds is 5. The van der Waals surface area contributed by atoms with Crippen LogP contribution < -0.4 is 5.32 Å². The summed E-state index contributed by atoms with van der Waals surface area (Å²) in [5.41, 5.74) is 0.566. The number of carbonyl (C=O) groups excluding carboxylic acids is 1. The Labute approximate surface area is 118 Å². The fraction of sp³-hybridized carbons (Fsp3) is 0.467. The monoisotopic (exact) mass is 279 g/mol. The summed E-state index contributed by atoms with van der Waals surface area (Å²) in [7, 11) is 0. The minimum Gasteiger partial charge on any atom is -0.478 e. The number of alkyl carbamates (subject to hydrolysis) is 1. The smallest absolute Gasteiger partial charge is 0.407 e. The standard InChI is InChI=1S/C15H21NO4/c1-15(2,3)20-14(19)16-10-6-8-11-7-4-5-9-12(11)13(17)18/h4-5,7,9H,6,8,10H2,1-3H3,(H,16,19)(H,17,18). The van der Waals surface area contributed by atoms with Gasteiger partial charge in [0.2, 0.25) is 0 Å². The van der Waals surface area contributed by atoms with Gasteiger partial charge in [0.25, 0.3) is 0 Å². The SMILES string of the molecule is CC(C)(C)OC(=O)NCCCc1ccccc1C(=O)O. The third-order valence-corrected chi connectivity index (χ3v) is 2.54. The predicted octanol–water partition coefficient (Wildman–Crippen LogP) is 2.84. The molecule has 1 amide bonds. The van der Waals surface area contributed by atoms with Gasteiger partial charge in [-0.1, -0.05) is 18.2 Å². The van der Waals surface area contributed by atoms with Crippen LogP contribution >= 0.6 is 0 Å². The molecule has 0 atom stereocenters. The molecular weight excluding hydrogens is 258 g/mol. The molecule has 2 N–H and O–H groups in total. The number of carboxylic acids is 1. The fourth-order valence-corrected chi connectivity index (χ4v) is 1.73. The highest BCUT2D eigenvalue weighted by Gasteiger charge is 2.15. The van der Waals surface area contributed by atoms with Crippen molar-refractivity contribution in [2.75, 3.05) is 6.54 Å². The van der Waals surface area contributed by atoms with E-state index in [1.807, 2.05) is 6.07 Å². The number of ether oxygens (including phenoxy) is 1. The number of hydrogen-bond acceptors (Lipinski definition) is 3. The van der Waals surface area contributed by atoms with Crippen molar-refractivity contribution in [3.8, 4) is 0 Å². The van der Waals surface area contributed by atoms with Gasteiger partial charge in [-0.05, 0) is 45.2 Å². The molecule has 5 nitrogen and oxygen atoms in total. The summed E-state index contributed by atoms with van der Waals surface area (Å²) in [6.45, 7) is 5.85. The van der Waals surface area contributed by atoms with Gasteiger partial charge in [0.15, 0.2) is 0 Å². The van der Waals surface area contributed by atoms with Crippen LogP contribution in [-0.4, -0.2) is 29.3 Å². The quantitative estimate of drug-likeness (QED) is 0.813. The normalized spacial score (nSPS) is 10.9. The molecule has 20 heavy (non-hydrogen) atoms. The van der Waals surface area contributed by atoms with Crippen LogP contribution in [-0.2, 0) is 11.2 Å². The molecule has 0 spiro atoms. The lowest BCUT2D eigenvalue weighted by atomic mass is 10.0. The summed E-state index contributed by atoms with van der Waals surface area (Å²) < 4.78 is 5.11. The molecule has 0 heterocycles. The average Bonchev–Trinajstić information content (AvgIpc) is 2.33.